The molecule has 0 amide bonds. The van der Waals surface area contributed by atoms with Crippen LogP contribution in [0.2, 0.25) is 0 Å². The van der Waals surface area contributed by atoms with E-state index in [1.165, 1.54) is 45.7 Å². The largest absolute Gasteiger partial charge is 0.314 e. The van der Waals surface area contributed by atoms with E-state index in [1.54, 1.807) is 0 Å². The molecule has 1 heterocycles. The second-order valence-electron chi connectivity index (χ2n) is 7.80. The number of nitrogens with one attached hydrogen (secondary N) is 1. The molecule has 1 aliphatic rings. The van der Waals surface area contributed by atoms with Crippen LogP contribution >= 0.6 is 0 Å². The highest BCUT2D eigenvalue weighted by atomic mass is 15.3. The lowest BCUT2D eigenvalue weighted by Gasteiger charge is -2.38. The van der Waals surface area contributed by atoms with Crippen LogP contribution in [0.5, 0.6) is 0 Å². The predicted octanol–water partition coefficient (Wildman–Crippen LogP) is 2.67. The Morgan fingerprint density at radius 1 is 1.00 bits per heavy atom. The SMILES string of the molecule is CCNC(CCN1CCN(CC(C)C)CC1)C(C)(C)C. The average molecular weight is 284 g/mol. The van der Waals surface area contributed by atoms with E-state index in [2.05, 4.69) is 56.7 Å². The molecule has 120 valence electrons. The van der Waals surface area contributed by atoms with Gasteiger partial charge in [-0.2, -0.15) is 0 Å². The Morgan fingerprint density at radius 2 is 1.55 bits per heavy atom. The van der Waals surface area contributed by atoms with Gasteiger partial charge in [0.15, 0.2) is 0 Å². The second-order valence-corrected chi connectivity index (χ2v) is 7.80. The van der Waals surface area contributed by atoms with Gasteiger partial charge in [-0.25, -0.2) is 0 Å². The van der Waals surface area contributed by atoms with E-state index in [0.29, 0.717) is 11.5 Å². The van der Waals surface area contributed by atoms with Crippen LogP contribution in [0.4, 0.5) is 0 Å². The summed E-state index contributed by atoms with van der Waals surface area (Å²) in [6, 6.07) is 0.626. The van der Waals surface area contributed by atoms with Gasteiger partial charge < -0.3 is 15.1 Å². The zero-order valence-corrected chi connectivity index (χ0v) is 14.7. The van der Waals surface area contributed by atoms with Crippen LogP contribution < -0.4 is 5.32 Å². The number of hydrogen-bond acceptors (Lipinski definition) is 3. The van der Waals surface area contributed by atoms with E-state index in [-0.39, 0.29) is 0 Å². The summed E-state index contributed by atoms with van der Waals surface area (Å²) in [5.41, 5.74) is 0.357. The maximum atomic E-state index is 3.66. The first-order chi connectivity index (χ1) is 9.32. The third-order valence-corrected chi connectivity index (χ3v) is 4.32. The van der Waals surface area contributed by atoms with Gasteiger partial charge in [0.05, 0.1) is 0 Å². The van der Waals surface area contributed by atoms with Crippen molar-refractivity contribution in [3.05, 3.63) is 0 Å². The molecule has 3 nitrogen and oxygen atoms in total. The van der Waals surface area contributed by atoms with Crippen molar-refractivity contribution < 1.29 is 0 Å². The summed E-state index contributed by atoms with van der Waals surface area (Å²) in [6.07, 6.45) is 1.27. The van der Waals surface area contributed by atoms with Crippen LogP contribution in [0.15, 0.2) is 0 Å². The molecule has 1 aliphatic heterocycles. The van der Waals surface area contributed by atoms with Crippen LogP contribution in [-0.2, 0) is 0 Å². The van der Waals surface area contributed by atoms with Crippen molar-refractivity contribution in [3.8, 4) is 0 Å². The summed E-state index contributed by atoms with van der Waals surface area (Å²) in [5.74, 6) is 0.792. The molecule has 0 bridgehead atoms. The first kappa shape index (κ1) is 17.9. The van der Waals surface area contributed by atoms with E-state index in [0.717, 1.165) is 12.5 Å². The smallest absolute Gasteiger partial charge is 0.0128 e. The molecule has 0 aliphatic carbocycles. The predicted molar refractivity (Wildman–Crippen MR) is 89.3 cm³/mol. The number of nitrogens with zero attached hydrogens (tertiary/aromatic N) is 2. The number of piperazine rings is 1. The molecular weight excluding hydrogens is 246 g/mol. The molecule has 0 aromatic rings. The minimum Gasteiger partial charge on any atom is -0.314 e. The molecule has 0 aromatic heterocycles. The normalized spacial score (nSPS) is 20.6. The number of hydrogen-bond donors (Lipinski definition) is 1. The van der Waals surface area contributed by atoms with E-state index >= 15 is 0 Å². The summed E-state index contributed by atoms with van der Waals surface area (Å²) in [4.78, 5) is 5.26. The molecule has 0 radical (unpaired) electrons. The van der Waals surface area contributed by atoms with Crippen molar-refractivity contribution >= 4 is 0 Å². The molecule has 1 N–H and O–H groups in total. The van der Waals surface area contributed by atoms with Crippen molar-refractivity contribution in [3.63, 3.8) is 0 Å². The van der Waals surface area contributed by atoms with Gasteiger partial charge in [0.25, 0.3) is 0 Å². The van der Waals surface area contributed by atoms with E-state index in [9.17, 15) is 0 Å². The Hall–Kier alpha value is -0.120. The van der Waals surface area contributed by atoms with Crippen LogP contribution in [0, 0.1) is 11.3 Å². The zero-order chi connectivity index (χ0) is 15.2. The van der Waals surface area contributed by atoms with Gasteiger partial charge in [-0.15, -0.1) is 0 Å². The molecule has 1 atom stereocenters. The summed E-state index contributed by atoms with van der Waals surface area (Å²) < 4.78 is 0. The fourth-order valence-corrected chi connectivity index (χ4v) is 3.11. The van der Waals surface area contributed by atoms with Gasteiger partial charge in [-0.05, 0) is 30.8 Å². The maximum absolute atomic E-state index is 3.66. The van der Waals surface area contributed by atoms with Gasteiger partial charge in [0.2, 0.25) is 0 Å². The molecule has 1 unspecified atom stereocenters. The van der Waals surface area contributed by atoms with Crippen LogP contribution in [0.1, 0.15) is 48.0 Å². The quantitative estimate of drug-likeness (QED) is 0.775. The fraction of sp³-hybridized carbons (Fsp3) is 1.00. The fourth-order valence-electron chi connectivity index (χ4n) is 3.11. The first-order valence-corrected chi connectivity index (χ1v) is 8.51. The highest BCUT2D eigenvalue weighted by Crippen LogP contribution is 2.22. The van der Waals surface area contributed by atoms with Gasteiger partial charge >= 0.3 is 0 Å². The highest BCUT2D eigenvalue weighted by Gasteiger charge is 2.25. The van der Waals surface area contributed by atoms with Crippen LogP contribution in [-0.4, -0.2) is 61.7 Å². The van der Waals surface area contributed by atoms with Crippen molar-refractivity contribution in [2.75, 3.05) is 45.8 Å². The minimum absolute atomic E-state index is 0.357. The Bertz CT molecular complexity index is 249. The molecule has 3 heteroatoms. The molecule has 0 saturated carbocycles. The lowest BCUT2D eigenvalue weighted by molar-refractivity contribution is 0.112. The van der Waals surface area contributed by atoms with Gasteiger partial charge in [-0.3, -0.25) is 0 Å². The van der Waals surface area contributed by atoms with Gasteiger partial charge in [0.1, 0.15) is 0 Å². The van der Waals surface area contributed by atoms with Crippen LogP contribution in [0.25, 0.3) is 0 Å². The Labute approximate surface area is 127 Å². The van der Waals surface area contributed by atoms with Crippen LogP contribution in [0.3, 0.4) is 0 Å². The number of rotatable bonds is 7. The molecule has 1 fully saturated rings. The second kappa shape index (κ2) is 8.35. The summed E-state index contributed by atoms with van der Waals surface area (Å²) >= 11 is 0. The third kappa shape index (κ3) is 6.55. The Kier molecular flexibility index (Phi) is 7.49. The average Bonchev–Trinajstić information content (AvgIpc) is 2.34. The minimum atomic E-state index is 0.357. The highest BCUT2D eigenvalue weighted by molar-refractivity contribution is 4.82. The molecular formula is C17H37N3. The van der Waals surface area contributed by atoms with Crippen molar-refractivity contribution in [2.45, 2.75) is 54.0 Å². The molecule has 0 aromatic carbocycles. The standard InChI is InChI=1S/C17H37N3/c1-7-18-16(17(4,5)6)8-9-19-10-12-20(13-11-19)14-15(2)3/h15-16,18H,7-14H2,1-6H3. The van der Waals surface area contributed by atoms with Crippen molar-refractivity contribution in [1.82, 2.24) is 15.1 Å². The van der Waals surface area contributed by atoms with Gasteiger partial charge in [0, 0.05) is 38.8 Å². The van der Waals surface area contributed by atoms with E-state index in [4.69, 9.17) is 0 Å². The topological polar surface area (TPSA) is 18.5 Å². The van der Waals surface area contributed by atoms with Crippen molar-refractivity contribution in [2.24, 2.45) is 11.3 Å². The monoisotopic (exact) mass is 283 g/mol. The van der Waals surface area contributed by atoms with Crippen molar-refractivity contribution in [1.29, 1.82) is 0 Å². The molecule has 20 heavy (non-hydrogen) atoms. The molecule has 1 saturated heterocycles. The maximum Gasteiger partial charge on any atom is 0.0128 e. The zero-order valence-electron chi connectivity index (χ0n) is 14.7. The Balaban J connectivity index is 2.29. The van der Waals surface area contributed by atoms with E-state index < -0.39 is 0 Å². The molecule has 1 rings (SSSR count). The Morgan fingerprint density at radius 3 is 2.00 bits per heavy atom. The van der Waals surface area contributed by atoms with Gasteiger partial charge in [-0.1, -0.05) is 41.5 Å². The van der Waals surface area contributed by atoms with E-state index in [1.807, 2.05) is 0 Å². The third-order valence-electron chi connectivity index (χ3n) is 4.32. The first-order valence-electron chi connectivity index (χ1n) is 8.51. The summed E-state index contributed by atoms with van der Waals surface area (Å²) in [6.45, 7) is 22.5. The lowest BCUT2D eigenvalue weighted by Crippen LogP contribution is -2.49. The molecule has 0 spiro atoms. The summed E-state index contributed by atoms with van der Waals surface area (Å²) in [7, 11) is 0. The summed E-state index contributed by atoms with van der Waals surface area (Å²) in [5, 5.41) is 3.66. The lowest BCUT2D eigenvalue weighted by atomic mass is 9.84.